The maximum atomic E-state index is 14.3. The van der Waals surface area contributed by atoms with E-state index in [9.17, 15) is 18.0 Å². The summed E-state index contributed by atoms with van der Waals surface area (Å²) in [6.07, 6.45) is 0.309. The Labute approximate surface area is 247 Å². The molecule has 1 N–H and O–H groups in total. The third kappa shape index (κ3) is 7.06. The molecule has 0 radical (unpaired) electrons. The minimum Gasteiger partial charge on any atom is -0.497 e. The second kappa shape index (κ2) is 14.4. The number of rotatable bonds is 14. The summed E-state index contributed by atoms with van der Waals surface area (Å²) in [5, 5.41) is 2.61. The van der Waals surface area contributed by atoms with E-state index in [0.717, 1.165) is 9.87 Å². The molecule has 0 saturated carbocycles. The van der Waals surface area contributed by atoms with Crippen molar-refractivity contribution in [3.8, 4) is 23.0 Å². The Bertz CT molecular complexity index is 1480. The third-order valence-corrected chi connectivity index (χ3v) is 8.46. The van der Waals surface area contributed by atoms with Crippen LogP contribution in [0.4, 0.5) is 5.69 Å². The lowest BCUT2D eigenvalue weighted by molar-refractivity contribution is -0.140. The first-order valence-electron chi connectivity index (χ1n) is 13.2. The molecule has 3 aromatic carbocycles. The van der Waals surface area contributed by atoms with Gasteiger partial charge in [-0.3, -0.25) is 13.9 Å². The molecule has 0 unspecified atom stereocenters. The highest BCUT2D eigenvalue weighted by Gasteiger charge is 2.35. The lowest BCUT2D eigenvalue weighted by Crippen LogP contribution is -2.51. The summed E-state index contributed by atoms with van der Waals surface area (Å²) >= 11 is 0. The topological polar surface area (TPSA) is 124 Å². The largest absolute Gasteiger partial charge is 0.497 e. The van der Waals surface area contributed by atoms with Crippen LogP contribution >= 0.6 is 0 Å². The lowest BCUT2D eigenvalue weighted by atomic mass is 10.1. The van der Waals surface area contributed by atoms with E-state index >= 15 is 0 Å². The molecule has 42 heavy (non-hydrogen) atoms. The fourth-order valence-electron chi connectivity index (χ4n) is 4.48. The van der Waals surface area contributed by atoms with Crippen LogP contribution in [0, 0.1) is 0 Å². The highest BCUT2D eigenvalue weighted by Crippen LogP contribution is 2.37. The number of carbonyl (C=O) groups excluding carboxylic acids is 2. The van der Waals surface area contributed by atoms with Crippen LogP contribution < -0.4 is 28.6 Å². The van der Waals surface area contributed by atoms with E-state index < -0.39 is 28.5 Å². The van der Waals surface area contributed by atoms with Crippen molar-refractivity contribution >= 4 is 27.5 Å². The Kier molecular flexibility index (Phi) is 11.0. The Morgan fingerprint density at radius 2 is 1.48 bits per heavy atom. The number of ether oxygens (including phenoxy) is 4. The number of likely N-dealkylation sites (N-methyl/N-ethyl adjacent to an activating group) is 1. The van der Waals surface area contributed by atoms with E-state index in [0.29, 0.717) is 17.9 Å². The highest BCUT2D eigenvalue weighted by atomic mass is 32.2. The molecule has 11 nitrogen and oxygen atoms in total. The number of benzene rings is 3. The standard InChI is InChI=1S/C30H37N3O8S/c1-7-24(30(35)31-2)32(19-21-11-9-8-10-12-21)29(34)20-33(25-17-22(38-3)13-15-26(25)39-4)42(36,37)23-14-16-27(40-5)28(18-23)41-6/h8-18,24H,7,19-20H2,1-6H3,(H,31,35)/t24-/m1/s1. The molecule has 0 aromatic heterocycles. The number of methoxy groups -OCH3 is 4. The summed E-state index contributed by atoms with van der Waals surface area (Å²) in [5.41, 5.74) is 0.856. The maximum Gasteiger partial charge on any atom is 0.265 e. The maximum absolute atomic E-state index is 14.3. The molecule has 0 aliphatic heterocycles. The van der Waals surface area contributed by atoms with Crippen LogP contribution in [0.2, 0.25) is 0 Å². The van der Waals surface area contributed by atoms with Crippen LogP contribution in [0.3, 0.4) is 0 Å². The first kappa shape index (κ1) is 32.1. The molecule has 0 fully saturated rings. The third-order valence-electron chi connectivity index (χ3n) is 6.70. The highest BCUT2D eigenvalue weighted by molar-refractivity contribution is 7.92. The van der Waals surface area contributed by atoms with Gasteiger partial charge in [-0.15, -0.1) is 0 Å². The number of carbonyl (C=O) groups is 2. The van der Waals surface area contributed by atoms with Crippen molar-refractivity contribution in [2.75, 3.05) is 46.3 Å². The minimum absolute atomic E-state index is 0.0765. The van der Waals surface area contributed by atoms with E-state index in [-0.39, 0.29) is 34.5 Å². The predicted octanol–water partition coefficient (Wildman–Crippen LogP) is 3.47. The van der Waals surface area contributed by atoms with E-state index in [1.165, 1.54) is 64.7 Å². The molecule has 0 spiro atoms. The Balaban J connectivity index is 2.19. The monoisotopic (exact) mass is 599 g/mol. The van der Waals surface area contributed by atoms with Crippen molar-refractivity contribution < 1.29 is 37.0 Å². The second-order valence-corrected chi connectivity index (χ2v) is 11.0. The van der Waals surface area contributed by atoms with Gasteiger partial charge in [-0.25, -0.2) is 8.42 Å². The van der Waals surface area contributed by atoms with Crippen LogP contribution in [0.15, 0.2) is 71.6 Å². The number of hydrogen-bond donors (Lipinski definition) is 1. The summed E-state index contributed by atoms with van der Waals surface area (Å²) in [4.78, 5) is 28.2. The molecular weight excluding hydrogens is 562 g/mol. The van der Waals surface area contributed by atoms with Crippen molar-refractivity contribution in [2.45, 2.75) is 30.8 Å². The number of nitrogens with one attached hydrogen (secondary N) is 1. The van der Waals surface area contributed by atoms with Crippen LogP contribution in [0.5, 0.6) is 23.0 Å². The zero-order valence-electron chi connectivity index (χ0n) is 24.6. The average molecular weight is 600 g/mol. The van der Waals surface area contributed by atoms with Crippen LogP contribution in [0.1, 0.15) is 18.9 Å². The van der Waals surface area contributed by atoms with Gasteiger partial charge in [0.05, 0.1) is 39.0 Å². The van der Waals surface area contributed by atoms with Crippen molar-refractivity contribution in [1.82, 2.24) is 10.2 Å². The van der Waals surface area contributed by atoms with Crippen molar-refractivity contribution in [3.05, 3.63) is 72.3 Å². The van der Waals surface area contributed by atoms with Gasteiger partial charge in [0.25, 0.3) is 10.0 Å². The van der Waals surface area contributed by atoms with Crippen LogP contribution in [-0.2, 0) is 26.2 Å². The Morgan fingerprint density at radius 3 is 2.05 bits per heavy atom. The summed E-state index contributed by atoms with van der Waals surface area (Å²) in [6, 6.07) is 17.1. The van der Waals surface area contributed by atoms with Gasteiger partial charge in [-0.1, -0.05) is 37.3 Å². The van der Waals surface area contributed by atoms with Gasteiger partial charge in [0.2, 0.25) is 11.8 Å². The van der Waals surface area contributed by atoms with Gasteiger partial charge in [-0.05, 0) is 36.2 Å². The first-order valence-corrected chi connectivity index (χ1v) is 14.6. The van der Waals surface area contributed by atoms with Crippen molar-refractivity contribution in [2.24, 2.45) is 0 Å². The minimum atomic E-state index is -4.41. The SMILES string of the molecule is CC[C@H](C(=O)NC)N(Cc1ccccc1)C(=O)CN(c1cc(OC)ccc1OC)S(=O)(=O)c1ccc(OC)c(OC)c1. The molecule has 0 aliphatic carbocycles. The molecule has 226 valence electrons. The molecule has 0 heterocycles. The quantitative estimate of drug-likeness (QED) is 0.299. The molecular formula is C30H37N3O8S. The fourth-order valence-corrected chi connectivity index (χ4v) is 5.91. The van der Waals surface area contributed by atoms with Crippen LogP contribution in [0.25, 0.3) is 0 Å². The molecule has 3 aromatic rings. The molecule has 1 atom stereocenters. The molecule has 0 bridgehead atoms. The molecule has 3 rings (SSSR count). The zero-order chi connectivity index (χ0) is 30.9. The smallest absolute Gasteiger partial charge is 0.265 e. The normalized spacial score (nSPS) is 11.7. The summed E-state index contributed by atoms with van der Waals surface area (Å²) in [7, 11) is 2.75. The van der Waals surface area contributed by atoms with E-state index in [2.05, 4.69) is 5.32 Å². The van der Waals surface area contributed by atoms with Gasteiger partial charge in [-0.2, -0.15) is 0 Å². The van der Waals surface area contributed by atoms with Gasteiger partial charge in [0.15, 0.2) is 11.5 Å². The number of hydrogen-bond acceptors (Lipinski definition) is 8. The number of sulfonamides is 1. The molecule has 0 aliphatic rings. The van der Waals surface area contributed by atoms with Crippen molar-refractivity contribution in [1.29, 1.82) is 0 Å². The first-order chi connectivity index (χ1) is 20.1. The Morgan fingerprint density at radius 1 is 0.833 bits per heavy atom. The summed E-state index contributed by atoms with van der Waals surface area (Å²) < 4.78 is 51.0. The van der Waals surface area contributed by atoms with Gasteiger partial charge in [0, 0.05) is 25.7 Å². The van der Waals surface area contributed by atoms with Crippen LogP contribution in [-0.4, -0.2) is 73.2 Å². The number of anilines is 1. The molecule has 12 heteroatoms. The predicted molar refractivity (Wildman–Crippen MR) is 159 cm³/mol. The van der Waals surface area contributed by atoms with E-state index in [1.807, 2.05) is 30.3 Å². The zero-order valence-corrected chi connectivity index (χ0v) is 25.4. The fraction of sp³-hybridized carbons (Fsp3) is 0.333. The summed E-state index contributed by atoms with van der Waals surface area (Å²) in [5.74, 6) is 0.116. The summed E-state index contributed by atoms with van der Waals surface area (Å²) in [6.45, 7) is 1.24. The van der Waals surface area contributed by atoms with Gasteiger partial charge in [0.1, 0.15) is 24.1 Å². The lowest BCUT2D eigenvalue weighted by Gasteiger charge is -2.33. The van der Waals surface area contributed by atoms with Crippen molar-refractivity contribution in [3.63, 3.8) is 0 Å². The van der Waals surface area contributed by atoms with Gasteiger partial charge >= 0.3 is 0 Å². The van der Waals surface area contributed by atoms with E-state index in [1.54, 1.807) is 19.1 Å². The molecule has 2 amide bonds. The average Bonchev–Trinajstić information content (AvgIpc) is 3.02. The second-order valence-electron chi connectivity index (χ2n) is 9.11. The van der Waals surface area contributed by atoms with E-state index in [4.69, 9.17) is 18.9 Å². The number of amides is 2. The molecule has 0 saturated heterocycles. The van der Waals surface area contributed by atoms with Gasteiger partial charge < -0.3 is 29.2 Å². The number of nitrogens with zero attached hydrogens (tertiary/aromatic N) is 2. The Hall–Kier alpha value is -4.45.